The van der Waals surface area contributed by atoms with E-state index in [-0.39, 0.29) is 16.0 Å². The number of hydrogen-bond donors (Lipinski definition) is 3. The molecule has 1 fully saturated rings. The Balaban J connectivity index is 1.47. The zero-order valence-corrected chi connectivity index (χ0v) is 17.5. The Labute approximate surface area is 174 Å². The van der Waals surface area contributed by atoms with Crippen molar-refractivity contribution in [2.24, 2.45) is 5.73 Å². The first-order chi connectivity index (χ1) is 13.7. The third-order valence-electron chi connectivity index (χ3n) is 4.61. The van der Waals surface area contributed by atoms with E-state index in [4.69, 9.17) is 11.1 Å². The van der Waals surface area contributed by atoms with Gasteiger partial charge in [0.15, 0.2) is 0 Å². The smallest absolute Gasteiger partial charge is 0.250 e. The van der Waals surface area contributed by atoms with Crippen molar-refractivity contribution < 1.29 is 17.6 Å². The summed E-state index contributed by atoms with van der Waals surface area (Å²) >= 11 is 2.29. The van der Waals surface area contributed by atoms with Crippen LogP contribution in [0.5, 0.6) is 0 Å². The molecule has 29 heavy (non-hydrogen) atoms. The van der Waals surface area contributed by atoms with Crippen LogP contribution in [0.3, 0.4) is 0 Å². The maximum absolute atomic E-state index is 13.4. The molecule has 0 saturated carbocycles. The first kappa shape index (κ1) is 20.0. The lowest BCUT2D eigenvalue weighted by Crippen LogP contribution is -2.41. The monoisotopic (exact) mass is 452 g/mol. The first-order valence-corrected chi connectivity index (χ1v) is 11.8. The third kappa shape index (κ3) is 4.04. The van der Waals surface area contributed by atoms with E-state index < -0.39 is 21.9 Å². The van der Waals surface area contributed by atoms with Crippen LogP contribution in [0.25, 0.3) is 10.1 Å². The van der Waals surface area contributed by atoms with Crippen LogP contribution < -0.4 is 10.5 Å². The highest BCUT2D eigenvalue weighted by Gasteiger charge is 2.35. The van der Waals surface area contributed by atoms with Gasteiger partial charge in [-0.3, -0.25) is 10.2 Å². The van der Waals surface area contributed by atoms with Gasteiger partial charge in [-0.2, -0.15) is 4.72 Å². The predicted octanol–water partition coefficient (Wildman–Crippen LogP) is 2.47. The van der Waals surface area contributed by atoms with Gasteiger partial charge in [0.1, 0.15) is 21.9 Å². The fourth-order valence-corrected chi connectivity index (χ4v) is 6.61. The lowest BCUT2D eigenvalue weighted by molar-refractivity contribution is -0.129. The minimum atomic E-state index is -3.90. The molecule has 2 aromatic heterocycles. The van der Waals surface area contributed by atoms with Gasteiger partial charge in [-0.05, 0) is 47.0 Å². The number of nitrogens with two attached hydrogens (primary N) is 1. The van der Waals surface area contributed by atoms with Crippen molar-refractivity contribution in [2.45, 2.75) is 23.2 Å². The van der Waals surface area contributed by atoms with Crippen LogP contribution in [0.15, 0.2) is 39.9 Å². The van der Waals surface area contributed by atoms with E-state index in [0.29, 0.717) is 34.5 Å². The molecule has 0 spiro atoms. The topological polar surface area (TPSA) is 116 Å². The Kier molecular flexibility index (Phi) is 5.15. The van der Waals surface area contributed by atoms with Gasteiger partial charge in [0.2, 0.25) is 5.91 Å². The van der Waals surface area contributed by atoms with E-state index in [1.165, 1.54) is 35.6 Å². The van der Waals surface area contributed by atoms with Crippen LogP contribution in [0, 0.1) is 11.2 Å². The summed E-state index contributed by atoms with van der Waals surface area (Å²) < 4.78 is 41.9. The average molecular weight is 453 g/mol. The highest BCUT2D eigenvalue weighted by molar-refractivity contribution is 7.91. The molecule has 1 aliphatic heterocycles. The number of likely N-dealkylation sites (tertiary alicyclic amines) is 1. The molecular formula is C18H17FN4O3S3. The van der Waals surface area contributed by atoms with Crippen molar-refractivity contribution in [1.29, 1.82) is 5.41 Å². The molecule has 1 amide bonds. The van der Waals surface area contributed by atoms with Crippen molar-refractivity contribution in [3.63, 3.8) is 0 Å². The summed E-state index contributed by atoms with van der Waals surface area (Å²) in [5, 5.41) is 9.91. The summed E-state index contributed by atoms with van der Waals surface area (Å²) in [6.07, 6.45) is 0.362. The molecule has 11 heteroatoms. The highest BCUT2D eigenvalue weighted by atomic mass is 32.2. The summed E-state index contributed by atoms with van der Waals surface area (Å²) in [4.78, 5) is 14.9. The number of nitrogens with one attached hydrogen (secondary N) is 2. The van der Waals surface area contributed by atoms with Gasteiger partial charge in [0, 0.05) is 17.8 Å². The number of carbonyl (C=O) groups is 1. The largest absolute Gasteiger partial charge is 0.383 e. The van der Waals surface area contributed by atoms with E-state index in [9.17, 15) is 17.6 Å². The van der Waals surface area contributed by atoms with Crippen molar-refractivity contribution >= 4 is 54.5 Å². The molecule has 4 N–H and O–H groups in total. The molecule has 152 valence electrons. The number of nitrogen functional groups attached to an aromatic ring is 1. The van der Waals surface area contributed by atoms with Gasteiger partial charge in [0.05, 0.1) is 4.88 Å². The summed E-state index contributed by atoms with van der Waals surface area (Å²) in [5.41, 5.74) is 6.31. The molecule has 0 bridgehead atoms. The van der Waals surface area contributed by atoms with E-state index in [1.807, 2.05) is 5.38 Å². The van der Waals surface area contributed by atoms with Crippen molar-refractivity contribution in [3.8, 4) is 0 Å². The van der Waals surface area contributed by atoms with Crippen LogP contribution in [0.4, 0.5) is 4.39 Å². The zero-order chi connectivity index (χ0) is 20.8. The first-order valence-electron chi connectivity index (χ1n) is 8.65. The molecule has 0 aliphatic carbocycles. The molecule has 1 unspecified atom stereocenters. The average Bonchev–Trinajstić information content (AvgIpc) is 3.36. The van der Waals surface area contributed by atoms with Crippen LogP contribution in [0.1, 0.15) is 16.9 Å². The van der Waals surface area contributed by atoms with E-state index in [1.54, 1.807) is 11.0 Å². The van der Waals surface area contributed by atoms with Crippen LogP contribution in [-0.4, -0.2) is 37.6 Å². The van der Waals surface area contributed by atoms with Crippen LogP contribution in [-0.2, 0) is 21.4 Å². The number of thiophene rings is 2. The second kappa shape index (κ2) is 7.48. The van der Waals surface area contributed by atoms with Gasteiger partial charge in [0.25, 0.3) is 10.0 Å². The van der Waals surface area contributed by atoms with E-state index in [2.05, 4.69) is 4.72 Å². The number of hydrogen-bond acceptors (Lipinski definition) is 6. The molecule has 4 rings (SSSR count). The van der Waals surface area contributed by atoms with Crippen molar-refractivity contribution in [1.82, 2.24) is 9.62 Å². The molecule has 1 saturated heterocycles. The van der Waals surface area contributed by atoms with E-state index >= 15 is 0 Å². The predicted molar refractivity (Wildman–Crippen MR) is 111 cm³/mol. The standard InChI is InChI=1S/C18H17FN4O3S3/c19-12-2-1-11-6-16(28-14(11)7-12)29(25,26)22-13-3-4-23(18(13)24)8-10-5-15(17(20)21)27-9-10/h1-2,5-7,9,13,22H,3-4,8H2,(H3,20,21). The molecule has 3 heterocycles. The summed E-state index contributed by atoms with van der Waals surface area (Å²) in [6.45, 7) is 0.762. The van der Waals surface area contributed by atoms with Crippen LogP contribution in [0.2, 0.25) is 0 Å². The Morgan fingerprint density at radius 1 is 1.34 bits per heavy atom. The lowest BCUT2D eigenvalue weighted by atomic mass is 10.3. The highest BCUT2D eigenvalue weighted by Crippen LogP contribution is 2.30. The van der Waals surface area contributed by atoms with Gasteiger partial charge in [-0.1, -0.05) is 6.07 Å². The zero-order valence-electron chi connectivity index (χ0n) is 15.0. The Morgan fingerprint density at radius 2 is 2.14 bits per heavy atom. The maximum atomic E-state index is 13.4. The molecule has 7 nitrogen and oxygen atoms in total. The van der Waals surface area contributed by atoms with Gasteiger partial charge < -0.3 is 10.6 Å². The SMILES string of the molecule is N=C(N)c1cc(CN2CCC(NS(=O)(=O)c3cc4ccc(F)cc4s3)C2=O)cs1. The minimum Gasteiger partial charge on any atom is -0.383 e. The fraction of sp³-hybridized carbons (Fsp3) is 0.222. The fourth-order valence-electron chi connectivity index (χ4n) is 3.18. The summed E-state index contributed by atoms with van der Waals surface area (Å²) in [7, 11) is -3.90. The number of sulfonamides is 1. The van der Waals surface area contributed by atoms with E-state index in [0.717, 1.165) is 16.9 Å². The number of nitrogens with zero attached hydrogens (tertiary/aromatic N) is 1. The van der Waals surface area contributed by atoms with Crippen molar-refractivity contribution in [2.75, 3.05) is 6.54 Å². The Hall–Kier alpha value is -2.34. The number of fused-ring (bicyclic) bond motifs is 1. The maximum Gasteiger partial charge on any atom is 0.250 e. The third-order valence-corrected chi connectivity index (χ3v) is 8.67. The number of halogens is 1. The Morgan fingerprint density at radius 3 is 2.86 bits per heavy atom. The van der Waals surface area contributed by atoms with Gasteiger partial charge >= 0.3 is 0 Å². The number of amides is 1. The van der Waals surface area contributed by atoms with Gasteiger partial charge in [-0.15, -0.1) is 22.7 Å². The molecule has 0 radical (unpaired) electrons. The summed E-state index contributed by atoms with van der Waals surface area (Å²) in [5.74, 6) is -0.751. The Bertz CT molecular complexity index is 1220. The normalized spacial score (nSPS) is 17.3. The molecule has 1 aliphatic rings. The number of benzene rings is 1. The number of carbonyl (C=O) groups excluding carboxylic acids is 1. The lowest BCUT2D eigenvalue weighted by Gasteiger charge is -2.16. The second-order valence-corrected chi connectivity index (χ2v) is 10.6. The number of rotatable bonds is 6. The van der Waals surface area contributed by atoms with Gasteiger partial charge in [-0.25, -0.2) is 12.8 Å². The number of amidine groups is 1. The second-order valence-electron chi connectivity index (χ2n) is 6.70. The van der Waals surface area contributed by atoms with Crippen LogP contribution >= 0.6 is 22.7 Å². The van der Waals surface area contributed by atoms with Crippen molar-refractivity contribution in [3.05, 3.63) is 52.0 Å². The minimum absolute atomic E-state index is 0.0251. The molecule has 1 aromatic carbocycles. The molecule has 1 atom stereocenters. The quantitative estimate of drug-likeness (QED) is 0.393. The molecule has 3 aromatic rings. The summed E-state index contributed by atoms with van der Waals surface area (Å²) in [6, 6.07) is 6.49. The molecular weight excluding hydrogens is 435 g/mol.